The van der Waals surface area contributed by atoms with Crippen LogP contribution < -0.4 is 10.6 Å². The molecule has 6 nitrogen and oxygen atoms in total. The molecule has 0 radical (unpaired) electrons. The summed E-state index contributed by atoms with van der Waals surface area (Å²) < 4.78 is 0. The second-order valence-corrected chi connectivity index (χ2v) is 4.64. The number of oxime groups is 1. The first kappa shape index (κ1) is 14.8. The fourth-order valence-corrected chi connectivity index (χ4v) is 2.06. The molecule has 2 aromatic heterocycles. The van der Waals surface area contributed by atoms with E-state index < -0.39 is 0 Å². The summed E-state index contributed by atoms with van der Waals surface area (Å²) >= 11 is 0. The van der Waals surface area contributed by atoms with E-state index >= 15 is 0 Å². The van der Waals surface area contributed by atoms with Crippen LogP contribution in [0, 0.1) is 6.92 Å². The normalized spacial score (nSPS) is 11.4. The van der Waals surface area contributed by atoms with Gasteiger partial charge in [0.25, 0.3) is 0 Å². The molecule has 0 bridgehead atoms. The molecule has 0 saturated carbocycles. The molecule has 2 aromatic rings. The van der Waals surface area contributed by atoms with Crippen molar-refractivity contribution in [3.05, 3.63) is 53.5 Å². The molecule has 6 heteroatoms. The number of anilines is 1. The number of nitrogens with zero attached hydrogens (tertiary/aromatic N) is 4. The molecule has 0 saturated heterocycles. The van der Waals surface area contributed by atoms with Crippen LogP contribution in [-0.2, 0) is 6.54 Å². The van der Waals surface area contributed by atoms with Crippen LogP contribution in [-0.4, -0.2) is 27.6 Å². The Morgan fingerprint density at radius 2 is 2.14 bits per heavy atom. The Labute approximate surface area is 123 Å². The Balaban J connectivity index is 2.39. The van der Waals surface area contributed by atoms with Gasteiger partial charge in [0.15, 0.2) is 5.84 Å². The van der Waals surface area contributed by atoms with E-state index in [-0.39, 0.29) is 5.84 Å². The first-order chi connectivity index (χ1) is 10.2. The maximum Gasteiger partial charge on any atom is 0.173 e. The van der Waals surface area contributed by atoms with Crippen LogP contribution in [0.5, 0.6) is 0 Å². The van der Waals surface area contributed by atoms with Gasteiger partial charge in [0.1, 0.15) is 5.82 Å². The molecule has 0 amide bonds. The van der Waals surface area contributed by atoms with E-state index in [0.717, 1.165) is 17.9 Å². The number of pyridine rings is 2. The molecule has 0 unspecified atom stereocenters. The fourth-order valence-electron chi connectivity index (χ4n) is 2.06. The quantitative estimate of drug-likeness (QED) is 0.379. The zero-order valence-electron chi connectivity index (χ0n) is 12.2. The number of rotatable bonds is 5. The molecular weight excluding hydrogens is 266 g/mol. The molecule has 0 atom stereocenters. The molecule has 0 aliphatic heterocycles. The Morgan fingerprint density at radius 1 is 1.33 bits per heavy atom. The van der Waals surface area contributed by atoms with Gasteiger partial charge in [-0.3, -0.25) is 4.98 Å². The highest BCUT2D eigenvalue weighted by molar-refractivity contribution is 6.01. The van der Waals surface area contributed by atoms with Crippen molar-refractivity contribution in [3.8, 4) is 0 Å². The van der Waals surface area contributed by atoms with E-state index in [4.69, 9.17) is 10.9 Å². The predicted molar refractivity (Wildman–Crippen MR) is 82.4 cm³/mol. The molecule has 0 aliphatic rings. The average Bonchev–Trinajstić information content (AvgIpc) is 2.52. The summed E-state index contributed by atoms with van der Waals surface area (Å²) in [4.78, 5) is 10.9. The van der Waals surface area contributed by atoms with Crippen molar-refractivity contribution >= 4 is 11.7 Å². The number of amidine groups is 1. The monoisotopic (exact) mass is 285 g/mol. The van der Waals surface area contributed by atoms with Crippen LogP contribution in [0.25, 0.3) is 0 Å². The van der Waals surface area contributed by atoms with Crippen LogP contribution >= 0.6 is 0 Å². The summed E-state index contributed by atoms with van der Waals surface area (Å²) in [6.45, 7) is 5.29. The van der Waals surface area contributed by atoms with E-state index in [1.165, 1.54) is 0 Å². The van der Waals surface area contributed by atoms with E-state index in [1.54, 1.807) is 6.20 Å². The first-order valence-corrected chi connectivity index (χ1v) is 6.76. The third kappa shape index (κ3) is 3.47. The Kier molecular flexibility index (Phi) is 4.71. The second-order valence-electron chi connectivity index (χ2n) is 4.64. The Bertz CT molecular complexity index is 627. The van der Waals surface area contributed by atoms with Gasteiger partial charge in [-0.2, -0.15) is 0 Å². The number of nitrogens with two attached hydrogens (primary N) is 1. The zero-order valence-corrected chi connectivity index (χ0v) is 12.2. The van der Waals surface area contributed by atoms with E-state index in [0.29, 0.717) is 17.9 Å². The van der Waals surface area contributed by atoms with E-state index in [2.05, 4.69) is 15.1 Å². The van der Waals surface area contributed by atoms with Crippen LogP contribution in [0.15, 0.2) is 41.7 Å². The predicted octanol–water partition coefficient (Wildman–Crippen LogP) is 1.91. The lowest BCUT2D eigenvalue weighted by molar-refractivity contribution is 0.318. The highest BCUT2D eigenvalue weighted by Gasteiger charge is 2.15. The minimum Gasteiger partial charge on any atom is -0.409 e. The molecule has 0 fully saturated rings. The van der Waals surface area contributed by atoms with Gasteiger partial charge in [-0.15, -0.1) is 0 Å². The minimum atomic E-state index is 0.0528. The smallest absolute Gasteiger partial charge is 0.173 e. The zero-order chi connectivity index (χ0) is 15.2. The molecule has 2 heterocycles. The highest BCUT2D eigenvalue weighted by Crippen LogP contribution is 2.20. The van der Waals surface area contributed by atoms with Gasteiger partial charge >= 0.3 is 0 Å². The van der Waals surface area contributed by atoms with Crippen molar-refractivity contribution in [3.63, 3.8) is 0 Å². The third-order valence-electron chi connectivity index (χ3n) is 3.16. The number of aryl methyl sites for hydroxylation is 1. The van der Waals surface area contributed by atoms with Crippen molar-refractivity contribution in [2.45, 2.75) is 20.4 Å². The average molecular weight is 285 g/mol. The Hall–Kier alpha value is -2.63. The lowest BCUT2D eigenvalue weighted by atomic mass is 10.2. The van der Waals surface area contributed by atoms with Gasteiger partial charge in [-0.1, -0.05) is 11.2 Å². The van der Waals surface area contributed by atoms with Crippen LogP contribution in [0.1, 0.15) is 23.9 Å². The maximum absolute atomic E-state index is 8.93. The van der Waals surface area contributed by atoms with E-state index in [1.807, 2.05) is 49.1 Å². The van der Waals surface area contributed by atoms with Crippen molar-refractivity contribution < 1.29 is 5.21 Å². The van der Waals surface area contributed by atoms with Crippen molar-refractivity contribution in [1.82, 2.24) is 9.97 Å². The maximum atomic E-state index is 8.93. The lowest BCUT2D eigenvalue weighted by Gasteiger charge is -2.24. The van der Waals surface area contributed by atoms with Crippen molar-refractivity contribution in [2.75, 3.05) is 11.4 Å². The van der Waals surface area contributed by atoms with Gasteiger partial charge in [0.05, 0.1) is 17.8 Å². The highest BCUT2D eigenvalue weighted by atomic mass is 16.4. The Morgan fingerprint density at radius 3 is 2.76 bits per heavy atom. The minimum absolute atomic E-state index is 0.0528. The SMILES string of the molecule is CCN(Cc1ccccn1)c1nc(C)ccc1/C(N)=N/O. The number of hydrogen-bond acceptors (Lipinski definition) is 5. The first-order valence-electron chi connectivity index (χ1n) is 6.76. The van der Waals surface area contributed by atoms with Gasteiger partial charge in [0, 0.05) is 18.4 Å². The van der Waals surface area contributed by atoms with Crippen molar-refractivity contribution in [1.29, 1.82) is 0 Å². The largest absolute Gasteiger partial charge is 0.409 e. The summed E-state index contributed by atoms with van der Waals surface area (Å²) in [5.74, 6) is 0.746. The van der Waals surface area contributed by atoms with Crippen LogP contribution in [0.3, 0.4) is 0 Å². The summed E-state index contributed by atoms with van der Waals surface area (Å²) in [7, 11) is 0. The van der Waals surface area contributed by atoms with E-state index in [9.17, 15) is 0 Å². The molecule has 2 rings (SSSR count). The summed E-state index contributed by atoms with van der Waals surface area (Å²) in [6.07, 6.45) is 1.76. The number of hydrogen-bond donors (Lipinski definition) is 2. The number of aromatic nitrogens is 2. The second kappa shape index (κ2) is 6.69. The lowest BCUT2D eigenvalue weighted by Crippen LogP contribution is -2.28. The van der Waals surface area contributed by atoms with Gasteiger partial charge in [0.2, 0.25) is 0 Å². The molecular formula is C15H19N5O. The molecule has 0 spiro atoms. The molecule has 3 N–H and O–H groups in total. The van der Waals surface area contributed by atoms with Gasteiger partial charge in [-0.25, -0.2) is 4.98 Å². The third-order valence-corrected chi connectivity index (χ3v) is 3.16. The van der Waals surface area contributed by atoms with Crippen molar-refractivity contribution in [2.24, 2.45) is 10.9 Å². The summed E-state index contributed by atoms with van der Waals surface area (Å²) in [5, 5.41) is 12.0. The summed E-state index contributed by atoms with van der Waals surface area (Å²) in [6, 6.07) is 9.44. The van der Waals surface area contributed by atoms with Crippen LogP contribution in [0.4, 0.5) is 5.82 Å². The summed E-state index contributed by atoms with van der Waals surface area (Å²) in [5.41, 5.74) is 8.17. The fraction of sp³-hybridized carbons (Fsp3) is 0.267. The van der Waals surface area contributed by atoms with Gasteiger partial charge in [-0.05, 0) is 38.1 Å². The van der Waals surface area contributed by atoms with Gasteiger partial charge < -0.3 is 15.8 Å². The standard InChI is InChI=1S/C15H19N5O/c1-3-20(10-12-6-4-5-9-17-12)15-13(14(16)19-21)8-7-11(2)18-15/h4-9,21H,3,10H2,1-2H3,(H2,16,19). The molecule has 110 valence electrons. The topological polar surface area (TPSA) is 87.6 Å². The van der Waals surface area contributed by atoms with Crippen LogP contribution in [0.2, 0.25) is 0 Å². The molecule has 0 aromatic carbocycles. The molecule has 21 heavy (non-hydrogen) atoms. The molecule has 0 aliphatic carbocycles.